The van der Waals surface area contributed by atoms with Crippen LogP contribution >= 0.6 is 0 Å². The fourth-order valence-electron chi connectivity index (χ4n) is 2.02. The van der Waals surface area contributed by atoms with Gasteiger partial charge in [0, 0.05) is 8.07 Å². The molecule has 1 heteroatoms. The Labute approximate surface area is 89.4 Å². The molecule has 0 heterocycles. The van der Waals surface area contributed by atoms with Gasteiger partial charge in [-0.15, -0.1) is 0 Å². The van der Waals surface area contributed by atoms with E-state index in [1.54, 1.807) is 5.56 Å². The average molecular weight is 206 g/mol. The normalized spacial score (nSPS) is 11.9. The fourth-order valence-corrected chi connectivity index (χ4v) is 3.64. The second-order valence-corrected chi connectivity index (χ2v) is 11.1. The van der Waals surface area contributed by atoms with Gasteiger partial charge in [0.2, 0.25) is 0 Å². The van der Waals surface area contributed by atoms with Crippen LogP contribution in [0.4, 0.5) is 0 Å². The Morgan fingerprint density at radius 3 is 1.71 bits per heavy atom. The summed E-state index contributed by atoms with van der Waals surface area (Å²) in [4.78, 5) is 0. The SMILES string of the molecule is Cc1cc(C)c(C[Si](C)(C)C)c(C)c1. The van der Waals surface area contributed by atoms with Crippen molar-refractivity contribution < 1.29 is 0 Å². The van der Waals surface area contributed by atoms with E-state index in [0.29, 0.717) is 0 Å². The van der Waals surface area contributed by atoms with Crippen molar-refractivity contribution in [3.05, 3.63) is 34.4 Å². The first-order valence-electron chi connectivity index (χ1n) is 5.36. The Balaban J connectivity index is 3.09. The number of hydrogen-bond acceptors (Lipinski definition) is 0. The minimum absolute atomic E-state index is 0.978. The van der Waals surface area contributed by atoms with E-state index < -0.39 is 8.07 Å². The van der Waals surface area contributed by atoms with Gasteiger partial charge in [0.25, 0.3) is 0 Å². The lowest BCUT2D eigenvalue weighted by Gasteiger charge is -2.20. The van der Waals surface area contributed by atoms with E-state index in [1.807, 2.05) is 0 Å². The highest BCUT2D eigenvalue weighted by Crippen LogP contribution is 2.20. The molecule has 0 atom stereocenters. The summed E-state index contributed by atoms with van der Waals surface area (Å²) >= 11 is 0. The largest absolute Gasteiger partial charge is 0.0693 e. The van der Waals surface area contributed by atoms with Crippen molar-refractivity contribution in [2.24, 2.45) is 0 Å². The van der Waals surface area contributed by atoms with Crippen molar-refractivity contribution in [3.63, 3.8) is 0 Å². The van der Waals surface area contributed by atoms with E-state index in [9.17, 15) is 0 Å². The van der Waals surface area contributed by atoms with Crippen LogP contribution in [-0.4, -0.2) is 8.07 Å². The van der Waals surface area contributed by atoms with Crippen LogP contribution in [0.2, 0.25) is 19.6 Å². The van der Waals surface area contributed by atoms with E-state index in [2.05, 4.69) is 52.5 Å². The molecule has 0 aliphatic rings. The standard InChI is InChI=1S/C13H22Si/c1-10-7-11(2)13(12(3)8-10)9-14(4,5)6/h7-8H,9H2,1-6H3. The first kappa shape index (κ1) is 11.5. The second-order valence-electron chi connectivity index (χ2n) is 5.61. The molecule has 1 rings (SSSR count). The maximum absolute atomic E-state index is 2.44. The predicted molar refractivity (Wildman–Crippen MR) is 67.7 cm³/mol. The summed E-state index contributed by atoms with van der Waals surface area (Å²) in [5.74, 6) is 0. The molecule has 78 valence electrons. The first-order valence-corrected chi connectivity index (χ1v) is 9.07. The maximum Gasteiger partial charge on any atom is 0.0487 e. The van der Waals surface area contributed by atoms with Gasteiger partial charge >= 0.3 is 0 Å². The monoisotopic (exact) mass is 206 g/mol. The van der Waals surface area contributed by atoms with Gasteiger partial charge in [-0.25, -0.2) is 0 Å². The van der Waals surface area contributed by atoms with Gasteiger partial charge in [-0.3, -0.25) is 0 Å². The van der Waals surface area contributed by atoms with Crippen molar-refractivity contribution in [2.45, 2.75) is 46.5 Å². The van der Waals surface area contributed by atoms with Crippen molar-refractivity contribution in [2.75, 3.05) is 0 Å². The lowest BCUT2D eigenvalue weighted by Crippen LogP contribution is -2.25. The maximum atomic E-state index is 2.44. The molecule has 0 nitrogen and oxygen atoms in total. The number of hydrogen-bond donors (Lipinski definition) is 0. The van der Waals surface area contributed by atoms with Crippen LogP contribution < -0.4 is 0 Å². The van der Waals surface area contributed by atoms with Crippen LogP contribution in [0, 0.1) is 20.8 Å². The summed E-state index contributed by atoms with van der Waals surface area (Å²) in [6.07, 6.45) is 0. The lowest BCUT2D eigenvalue weighted by molar-refractivity contribution is 1.17. The Hall–Kier alpha value is -0.563. The average Bonchev–Trinajstić information content (AvgIpc) is 1.95. The third-order valence-electron chi connectivity index (χ3n) is 2.55. The highest BCUT2D eigenvalue weighted by atomic mass is 28.3. The van der Waals surface area contributed by atoms with Gasteiger partial charge in [0.05, 0.1) is 0 Å². The van der Waals surface area contributed by atoms with Crippen molar-refractivity contribution in [3.8, 4) is 0 Å². The first-order chi connectivity index (χ1) is 6.29. The van der Waals surface area contributed by atoms with Crippen molar-refractivity contribution >= 4 is 8.07 Å². The molecule has 0 N–H and O–H groups in total. The molecule has 0 spiro atoms. The summed E-state index contributed by atoms with van der Waals surface area (Å²) in [6, 6.07) is 5.93. The van der Waals surface area contributed by atoms with Crippen LogP contribution in [0.1, 0.15) is 22.3 Å². The molecule has 0 fully saturated rings. The molecule has 0 saturated heterocycles. The Bertz CT molecular complexity index is 309. The van der Waals surface area contributed by atoms with Crippen molar-refractivity contribution in [1.29, 1.82) is 0 Å². The molecule has 0 bridgehead atoms. The van der Waals surface area contributed by atoms with E-state index in [4.69, 9.17) is 0 Å². The molecule has 0 radical (unpaired) electrons. The van der Waals surface area contributed by atoms with Gasteiger partial charge < -0.3 is 0 Å². The van der Waals surface area contributed by atoms with Gasteiger partial charge in [0.1, 0.15) is 0 Å². The highest BCUT2D eigenvalue weighted by Gasteiger charge is 2.16. The second kappa shape index (κ2) is 3.89. The zero-order valence-corrected chi connectivity index (χ0v) is 11.4. The Morgan fingerprint density at radius 2 is 1.36 bits per heavy atom. The van der Waals surface area contributed by atoms with Crippen LogP contribution in [0.15, 0.2) is 12.1 Å². The van der Waals surface area contributed by atoms with Gasteiger partial charge in [-0.05, 0) is 43.5 Å². The molecule has 0 aromatic heterocycles. The topological polar surface area (TPSA) is 0 Å². The molecular weight excluding hydrogens is 184 g/mol. The minimum Gasteiger partial charge on any atom is -0.0693 e. The van der Waals surface area contributed by atoms with Crippen LogP contribution in [-0.2, 0) is 6.04 Å². The van der Waals surface area contributed by atoms with E-state index in [0.717, 1.165) is 0 Å². The molecule has 1 aromatic carbocycles. The molecule has 1 aromatic rings. The van der Waals surface area contributed by atoms with Gasteiger partial charge in [-0.1, -0.05) is 37.3 Å². The van der Waals surface area contributed by atoms with E-state index in [1.165, 1.54) is 22.7 Å². The fraction of sp³-hybridized carbons (Fsp3) is 0.538. The molecule has 0 amide bonds. The van der Waals surface area contributed by atoms with Gasteiger partial charge in [0.15, 0.2) is 0 Å². The van der Waals surface area contributed by atoms with Gasteiger partial charge in [-0.2, -0.15) is 0 Å². The lowest BCUT2D eigenvalue weighted by atomic mass is 10.0. The molecule has 0 aliphatic carbocycles. The summed E-state index contributed by atoms with van der Waals surface area (Å²) < 4.78 is 0. The quantitative estimate of drug-likeness (QED) is 0.641. The Morgan fingerprint density at radius 1 is 0.929 bits per heavy atom. The molecule has 14 heavy (non-hydrogen) atoms. The number of benzene rings is 1. The number of rotatable bonds is 2. The zero-order valence-electron chi connectivity index (χ0n) is 10.4. The molecule has 0 unspecified atom stereocenters. The van der Waals surface area contributed by atoms with Crippen LogP contribution in [0.5, 0.6) is 0 Å². The van der Waals surface area contributed by atoms with Crippen molar-refractivity contribution in [1.82, 2.24) is 0 Å². The molecular formula is C13H22Si. The predicted octanol–water partition coefficient (Wildman–Crippen LogP) is 4.03. The summed E-state index contributed by atoms with van der Waals surface area (Å²) in [6.45, 7) is 14.0. The summed E-state index contributed by atoms with van der Waals surface area (Å²) in [5.41, 5.74) is 5.93. The smallest absolute Gasteiger partial charge is 0.0487 e. The van der Waals surface area contributed by atoms with Crippen LogP contribution in [0.25, 0.3) is 0 Å². The van der Waals surface area contributed by atoms with Crippen LogP contribution in [0.3, 0.4) is 0 Å². The van der Waals surface area contributed by atoms with E-state index in [-0.39, 0.29) is 0 Å². The molecule has 0 aliphatic heterocycles. The highest BCUT2D eigenvalue weighted by molar-refractivity contribution is 6.75. The summed E-state index contributed by atoms with van der Waals surface area (Å²) in [7, 11) is -0.978. The Kier molecular flexibility index (Phi) is 3.20. The zero-order chi connectivity index (χ0) is 10.9. The third-order valence-corrected chi connectivity index (χ3v) is 3.96. The van der Waals surface area contributed by atoms with E-state index >= 15 is 0 Å². The molecule has 0 saturated carbocycles. The third kappa shape index (κ3) is 2.98. The number of aryl methyl sites for hydroxylation is 3. The summed E-state index contributed by atoms with van der Waals surface area (Å²) in [5, 5.41) is 0. The minimum atomic E-state index is -0.978.